The van der Waals surface area contributed by atoms with Crippen LogP contribution in [0.15, 0.2) is 48.5 Å². The Morgan fingerprint density at radius 1 is 0.839 bits per heavy atom. The van der Waals surface area contributed by atoms with Crippen molar-refractivity contribution in [1.29, 1.82) is 0 Å². The third-order valence-electron chi connectivity index (χ3n) is 5.01. The fourth-order valence-electron chi connectivity index (χ4n) is 3.53. The molecule has 8 heteroatoms. The van der Waals surface area contributed by atoms with Crippen LogP contribution in [0, 0.1) is 0 Å². The van der Waals surface area contributed by atoms with Gasteiger partial charge in [0.25, 0.3) is 10.1 Å². The normalized spacial score (nSPS) is 13.3. The summed E-state index contributed by atoms with van der Waals surface area (Å²) >= 11 is 0. The van der Waals surface area contributed by atoms with Gasteiger partial charge in [-0.3, -0.25) is 9.12 Å². The molecule has 1 N–H and O–H groups in total. The van der Waals surface area contributed by atoms with Gasteiger partial charge in [0.1, 0.15) is 0 Å². The van der Waals surface area contributed by atoms with Gasteiger partial charge in [0.05, 0.1) is 13.2 Å². The maximum Gasteiger partial charge on any atom is 0.351 e. The van der Waals surface area contributed by atoms with Gasteiger partial charge in [-0.1, -0.05) is 61.9 Å². The summed E-state index contributed by atoms with van der Waals surface area (Å²) in [5.41, 5.74) is 4.61. The van der Waals surface area contributed by atoms with E-state index in [1.165, 1.54) is 5.56 Å². The second-order valence-electron chi connectivity index (χ2n) is 7.38. The highest BCUT2D eigenvalue weighted by Gasteiger charge is 2.43. The van der Waals surface area contributed by atoms with Crippen molar-refractivity contribution in [2.24, 2.45) is 0 Å². The average molecular weight is 469 g/mol. The third kappa shape index (κ3) is 7.55. The van der Waals surface area contributed by atoms with Crippen LogP contribution in [-0.4, -0.2) is 31.2 Å². The first-order valence-corrected chi connectivity index (χ1v) is 13.9. The van der Waals surface area contributed by atoms with Gasteiger partial charge in [0, 0.05) is 0 Å². The van der Waals surface area contributed by atoms with E-state index < -0.39 is 22.7 Å². The summed E-state index contributed by atoms with van der Waals surface area (Å²) in [5, 5.41) is 0. The summed E-state index contributed by atoms with van der Waals surface area (Å²) in [7, 11) is -8.55. The predicted molar refractivity (Wildman–Crippen MR) is 125 cm³/mol. The van der Waals surface area contributed by atoms with E-state index in [4.69, 9.17) is 9.05 Å². The lowest BCUT2D eigenvalue weighted by Crippen LogP contribution is -2.23. The third-order valence-corrected chi connectivity index (χ3v) is 9.71. The molecule has 0 spiro atoms. The molecule has 172 valence electrons. The molecule has 0 aliphatic rings. The summed E-state index contributed by atoms with van der Waals surface area (Å²) in [4.78, 5) is -1.58. The van der Waals surface area contributed by atoms with Gasteiger partial charge in [-0.15, -0.1) is 0 Å². The largest absolute Gasteiger partial charge is 0.351 e. The van der Waals surface area contributed by atoms with Crippen molar-refractivity contribution in [3.63, 3.8) is 0 Å². The van der Waals surface area contributed by atoms with Crippen LogP contribution in [0.1, 0.15) is 51.2 Å². The molecular weight excluding hydrogens is 435 g/mol. The van der Waals surface area contributed by atoms with E-state index in [9.17, 15) is 17.5 Å². The van der Waals surface area contributed by atoms with Crippen LogP contribution < -0.4 is 0 Å². The quantitative estimate of drug-likeness (QED) is 0.282. The van der Waals surface area contributed by atoms with Crippen molar-refractivity contribution < 1.29 is 26.6 Å². The second kappa shape index (κ2) is 11.9. The first kappa shape index (κ1) is 25.8. The van der Waals surface area contributed by atoms with Gasteiger partial charge in [0.2, 0.25) is 0 Å². The van der Waals surface area contributed by atoms with E-state index in [0.717, 1.165) is 29.5 Å². The van der Waals surface area contributed by atoms with Crippen LogP contribution in [0.5, 0.6) is 0 Å². The minimum absolute atomic E-state index is 0.0171. The van der Waals surface area contributed by atoms with E-state index in [1.54, 1.807) is 13.8 Å². The summed E-state index contributed by atoms with van der Waals surface area (Å²) in [6.07, 6.45) is 3.18. The van der Waals surface area contributed by atoms with Gasteiger partial charge >= 0.3 is 7.60 Å². The highest BCUT2D eigenvalue weighted by molar-refractivity contribution is 7.94. The SMILES string of the molecule is CCCc1ccc(-c2ccc(CCCC(P(=O)(OCC)OCC)S(=O)(=O)O)cc2)cc1. The maximum absolute atomic E-state index is 12.9. The van der Waals surface area contributed by atoms with Gasteiger partial charge in [-0.05, 0) is 61.8 Å². The zero-order valence-electron chi connectivity index (χ0n) is 18.5. The molecule has 2 aromatic rings. The van der Waals surface area contributed by atoms with Crippen molar-refractivity contribution in [2.45, 2.75) is 57.9 Å². The highest BCUT2D eigenvalue weighted by atomic mass is 32.2. The van der Waals surface area contributed by atoms with E-state index in [-0.39, 0.29) is 19.6 Å². The van der Waals surface area contributed by atoms with E-state index in [0.29, 0.717) is 12.8 Å². The first-order valence-electron chi connectivity index (χ1n) is 10.8. The lowest BCUT2D eigenvalue weighted by molar-refractivity contribution is 0.215. The molecular formula is C23H33O6PS. The molecule has 0 amide bonds. The molecule has 31 heavy (non-hydrogen) atoms. The molecule has 0 saturated heterocycles. The van der Waals surface area contributed by atoms with E-state index >= 15 is 0 Å². The summed E-state index contributed by atoms with van der Waals surface area (Å²) in [6.45, 7) is 5.43. The Morgan fingerprint density at radius 3 is 1.68 bits per heavy atom. The summed E-state index contributed by atoms with van der Waals surface area (Å²) in [5.74, 6) is 0. The molecule has 0 heterocycles. The Labute approximate surface area is 186 Å². The molecule has 0 saturated carbocycles. The Hall–Kier alpha value is -1.50. The lowest BCUT2D eigenvalue weighted by Gasteiger charge is -2.24. The van der Waals surface area contributed by atoms with Crippen molar-refractivity contribution in [2.75, 3.05) is 13.2 Å². The monoisotopic (exact) mass is 468 g/mol. The first-order chi connectivity index (χ1) is 14.7. The fourth-order valence-corrected chi connectivity index (χ4v) is 7.29. The van der Waals surface area contributed by atoms with Crippen molar-refractivity contribution in [3.05, 3.63) is 59.7 Å². The molecule has 0 aliphatic carbocycles. The van der Waals surface area contributed by atoms with Crippen LogP contribution in [0.2, 0.25) is 0 Å². The molecule has 0 bridgehead atoms. The van der Waals surface area contributed by atoms with Crippen molar-refractivity contribution in [1.82, 2.24) is 0 Å². The fraction of sp³-hybridized carbons (Fsp3) is 0.478. The molecule has 1 atom stereocenters. The van der Waals surface area contributed by atoms with E-state index in [1.807, 2.05) is 24.3 Å². The molecule has 0 aliphatic heterocycles. The van der Waals surface area contributed by atoms with Crippen LogP contribution >= 0.6 is 7.60 Å². The summed E-state index contributed by atoms with van der Waals surface area (Å²) < 4.78 is 56.5. The van der Waals surface area contributed by atoms with Gasteiger partial charge in [-0.25, -0.2) is 0 Å². The molecule has 0 fully saturated rings. The Balaban J connectivity index is 2.03. The van der Waals surface area contributed by atoms with Crippen LogP contribution in [0.25, 0.3) is 11.1 Å². The summed E-state index contributed by atoms with van der Waals surface area (Å²) in [6, 6.07) is 16.6. The van der Waals surface area contributed by atoms with E-state index in [2.05, 4.69) is 31.2 Å². The second-order valence-corrected chi connectivity index (χ2v) is 11.5. The standard InChI is InChI=1S/C23H33O6PS/c1-4-8-19-11-15-21(16-12-19)22-17-13-20(14-18-22)9-7-10-23(31(25,26)27)30(24,28-5-2)29-6-3/h11-18,23H,4-10H2,1-3H3,(H,25,26,27). The Bertz CT molecular complexity index is 945. The van der Waals surface area contributed by atoms with Gasteiger partial charge in [-0.2, -0.15) is 8.42 Å². The zero-order valence-corrected chi connectivity index (χ0v) is 20.2. The molecule has 1 unspecified atom stereocenters. The number of hydrogen-bond acceptors (Lipinski definition) is 5. The van der Waals surface area contributed by atoms with Gasteiger partial charge < -0.3 is 9.05 Å². The Kier molecular flexibility index (Phi) is 9.91. The molecule has 6 nitrogen and oxygen atoms in total. The minimum Gasteiger partial charge on any atom is -0.308 e. The highest BCUT2D eigenvalue weighted by Crippen LogP contribution is 2.56. The van der Waals surface area contributed by atoms with Crippen LogP contribution in [0.3, 0.4) is 0 Å². The molecule has 2 rings (SSSR count). The van der Waals surface area contributed by atoms with Gasteiger partial charge in [0.15, 0.2) is 4.99 Å². The van der Waals surface area contributed by atoms with Crippen LogP contribution in [-0.2, 0) is 36.6 Å². The maximum atomic E-state index is 12.9. The van der Waals surface area contributed by atoms with Crippen LogP contribution in [0.4, 0.5) is 0 Å². The zero-order chi connectivity index (χ0) is 22.9. The molecule has 0 aromatic heterocycles. The molecule has 0 radical (unpaired) electrons. The minimum atomic E-state index is -4.59. The molecule has 2 aromatic carbocycles. The lowest BCUT2D eigenvalue weighted by atomic mass is 10.00. The van der Waals surface area contributed by atoms with Crippen molar-refractivity contribution in [3.8, 4) is 11.1 Å². The predicted octanol–water partition coefficient (Wildman–Crippen LogP) is 6.11. The number of rotatable bonds is 13. The van der Waals surface area contributed by atoms with Crippen molar-refractivity contribution >= 4 is 17.7 Å². The number of hydrogen-bond donors (Lipinski definition) is 1. The Morgan fingerprint density at radius 2 is 1.29 bits per heavy atom. The smallest absolute Gasteiger partial charge is 0.308 e. The number of aryl methyl sites for hydroxylation is 2. The number of benzene rings is 2. The topological polar surface area (TPSA) is 89.9 Å². The average Bonchev–Trinajstić information content (AvgIpc) is 2.72.